The molecule has 1 aromatic heterocycles. The monoisotopic (exact) mass is 358 g/mol. The highest BCUT2D eigenvalue weighted by Crippen LogP contribution is 2.31. The predicted molar refractivity (Wildman–Crippen MR) is 92.7 cm³/mol. The first-order chi connectivity index (χ1) is 10.7. The largest absolute Gasteiger partial charge is 0.357 e. The van der Waals surface area contributed by atoms with Gasteiger partial charge in [-0.15, -0.1) is 0 Å². The van der Waals surface area contributed by atoms with E-state index in [9.17, 15) is 4.79 Å². The molecule has 2 aromatic rings. The van der Waals surface area contributed by atoms with E-state index in [4.69, 9.17) is 0 Å². The maximum atomic E-state index is 10.7. The molecule has 1 aliphatic rings. The summed E-state index contributed by atoms with van der Waals surface area (Å²) in [6.07, 6.45) is 4.75. The molecular formula is C18H19BrN2O. The fourth-order valence-electron chi connectivity index (χ4n) is 3.02. The number of hydrogen-bond acceptors (Lipinski definition) is 3. The van der Waals surface area contributed by atoms with E-state index >= 15 is 0 Å². The molecule has 0 bridgehead atoms. The Morgan fingerprint density at radius 3 is 2.59 bits per heavy atom. The van der Waals surface area contributed by atoms with Gasteiger partial charge in [0.2, 0.25) is 0 Å². The van der Waals surface area contributed by atoms with Gasteiger partial charge in [0.05, 0.1) is 0 Å². The lowest BCUT2D eigenvalue weighted by molar-refractivity contribution is 0.112. The molecule has 0 spiro atoms. The van der Waals surface area contributed by atoms with Crippen molar-refractivity contribution in [2.75, 3.05) is 18.0 Å². The fourth-order valence-corrected chi connectivity index (χ4v) is 3.26. The summed E-state index contributed by atoms with van der Waals surface area (Å²) in [7, 11) is 0. The van der Waals surface area contributed by atoms with Crippen LogP contribution in [0.5, 0.6) is 0 Å². The van der Waals surface area contributed by atoms with Gasteiger partial charge < -0.3 is 4.90 Å². The SMILES string of the molecule is Cc1cc(C2CCN(c3ccc(C=O)cn3)CC2)ccc1Br. The van der Waals surface area contributed by atoms with Crippen LogP contribution in [0.1, 0.15) is 40.2 Å². The minimum Gasteiger partial charge on any atom is -0.357 e. The lowest BCUT2D eigenvalue weighted by atomic mass is 9.89. The molecule has 1 fully saturated rings. The topological polar surface area (TPSA) is 33.2 Å². The molecule has 0 N–H and O–H groups in total. The fraction of sp³-hybridized carbons (Fsp3) is 0.333. The second kappa shape index (κ2) is 6.61. The Morgan fingerprint density at radius 1 is 1.23 bits per heavy atom. The molecule has 0 amide bonds. The number of aldehydes is 1. The van der Waals surface area contributed by atoms with Gasteiger partial charge in [0.1, 0.15) is 5.82 Å². The molecule has 0 aliphatic carbocycles. The smallest absolute Gasteiger partial charge is 0.151 e. The molecule has 3 rings (SSSR count). The van der Waals surface area contributed by atoms with Crippen molar-refractivity contribution in [1.29, 1.82) is 0 Å². The van der Waals surface area contributed by atoms with Crippen LogP contribution in [0.3, 0.4) is 0 Å². The number of carbonyl (C=O) groups is 1. The Labute approximate surface area is 139 Å². The van der Waals surface area contributed by atoms with Crippen molar-refractivity contribution >= 4 is 28.0 Å². The minimum absolute atomic E-state index is 0.622. The van der Waals surface area contributed by atoms with Gasteiger partial charge in [-0.25, -0.2) is 4.98 Å². The third kappa shape index (κ3) is 3.22. The number of rotatable bonds is 3. The number of benzene rings is 1. The quantitative estimate of drug-likeness (QED) is 0.764. The summed E-state index contributed by atoms with van der Waals surface area (Å²) in [6.45, 7) is 4.15. The zero-order chi connectivity index (χ0) is 15.5. The Bertz CT molecular complexity index is 661. The number of anilines is 1. The number of aryl methyl sites for hydroxylation is 1. The van der Waals surface area contributed by atoms with Gasteiger partial charge >= 0.3 is 0 Å². The summed E-state index contributed by atoms with van der Waals surface area (Å²) < 4.78 is 1.17. The van der Waals surface area contributed by atoms with Gasteiger partial charge in [0.25, 0.3) is 0 Å². The van der Waals surface area contributed by atoms with Crippen LogP contribution in [0.4, 0.5) is 5.82 Å². The van der Waals surface area contributed by atoms with Crippen molar-refractivity contribution in [3.8, 4) is 0 Å². The molecule has 0 unspecified atom stereocenters. The van der Waals surface area contributed by atoms with Crippen LogP contribution in [-0.2, 0) is 0 Å². The molecule has 1 saturated heterocycles. The Morgan fingerprint density at radius 2 is 2.00 bits per heavy atom. The van der Waals surface area contributed by atoms with Gasteiger partial charge in [-0.2, -0.15) is 0 Å². The molecule has 114 valence electrons. The lowest BCUT2D eigenvalue weighted by Gasteiger charge is -2.33. The normalized spacial score (nSPS) is 15.8. The molecule has 2 heterocycles. The van der Waals surface area contributed by atoms with Crippen LogP contribution in [0.25, 0.3) is 0 Å². The third-order valence-electron chi connectivity index (χ3n) is 4.38. The van der Waals surface area contributed by atoms with Gasteiger partial charge in [-0.3, -0.25) is 4.79 Å². The number of pyridine rings is 1. The van der Waals surface area contributed by atoms with Crippen LogP contribution in [0.2, 0.25) is 0 Å². The maximum Gasteiger partial charge on any atom is 0.151 e. The Hall–Kier alpha value is -1.68. The number of carbonyl (C=O) groups excluding carboxylic acids is 1. The molecule has 0 saturated carbocycles. The van der Waals surface area contributed by atoms with Crippen molar-refractivity contribution in [3.63, 3.8) is 0 Å². The molecule has 0 radical (unpaired) electrons. The van der Waals surface area contributed by atoms with Crippen molar-refractivity contribution in [2.24, 2.45) is 0 Å². The Kier molecular flexibility index (Phi) is 4.57. The zero-order valence-electron chi connectivity index (χ0n) is 12.6. The van der Waals surface area contributed by atoms with Crippen molar-refractivity contribution < 1.29 is 4.79 Å². The lowest BCUT2D eigenvalue weighted by Crippen LogP contribution is -2.33. The van der Waals surface area contributed by atoms with E-state index in [0.717, 1.165) is 38.0 Å². The first kappa shape index (κ1) is 15.2. The van der Waals surface area contributed by atoms with Gasteiger partial charge in [-0.1, -0.05) is 28.1 Å². The van der Waals surface area contributed by atoms with E-state index in [-0.39, 0.29) is 0 Å². The van der Waals surface area contributed by atoms with Gasteiger partial charge in [0, 0.05) is 29.3 Å². The average Bonchev–Trinajstić information content (AvgIpc) is 2.58. The van der Waals surface area contributed by atoms with E-state index in [1.54, 1.807) is 6.20 Å². The van der Waals surface area contributed by atoms with E-state index in [1.807, 2.05) is 12.1 Å². The number of aromatic nitrogens is 1. The second-order valence-electron chi connectivity index (χ2n) is 5.84. The van der Waals surface area contributed by atoms with Gasteiger partial charge in [-0.05, 0) is 55.0 Å². The van der Waals surface area contributed by atoms with Crippen molar-refractivity contribution in [3.05, 3.63) is 57.7 Å². The summed E-state index contributed by atoms with van der Waals surface area (Å²) in [5.41, 5.74) is 3.36. The summed E-state index contributed by atoms with van der Waals surface area (Å²) in [4.78, 5) is 17.4. The number of nitrogens with zero attached hydrogens (tertiary/aromatic N) is 2. The molecule has 1 aliphatic heterocycles. The Balaban J connectivity index is 1.66. The van der Waals surface area contributed by atoms with Crippen LogP contribution in [0, 0.1) is 6.92 Å². The standard InChI is InChI=1S/C18H19BrN2O/c1-13-10-16(3-4-17(13)19)15-6-8-21(9-7-15)18-5-2-14(12-22)11-20-18/h2-5,10-12,15H,6-9H2,1H3. The number of hydrogen-bond donors (Lipinski definition) is 0. The van der Waals surface area contributed by atoms with Crippen LogP contribution in [-0.4, -0.2) is 24.4 Å². The highest BCUT2D eigenvalue weighted by atomic mass is 79.9. The highest BCUT2D eigenvalue weighted by Gasteiger charge is 2.21. The molecule has 1 aromatic carbocycles. The highest BCUT2D eigenvalue weighted by molar-refractivity contribution is 9.10. The van der Waals surface area contributed by atoms with Crippen LogP contribution >= 0.6 is 15.9 Å². The van der Waals surface area contributed by atoms with E-state index in [2.05, 4.69) is 50.9 Å². The first-order valence-electron chi connectivity index (χ1n) is 7.59. The van der Waals surface area contributed by atoms with Crippen molar-refractivity contribution in [1.82, 2.24) is 4.98 Å². The van der Waals surface area contributed by atoms with E-state index in [0.29, 0.717) is 11.5 Å². The first-order valence-corrected chi connectivity index (χ1v) is 8.39. The van der Waals surface area contributed by atoms with Gasteiger partial charge in [0.15, 0.2) is 6.29 Å². The molecule has 0 atom stereocenters. The van der Waals surface area contributed by atoms with E-state index < -0.39 is 0 Å². The molecule has 22 heavy (non-hydrogen) atoms. The van der Waals surface area contributed by atoms with Crippen molar-refractivity contribution in [2.45, 2.75) is 25.7 Å². The average molecular weight is 359 g/mol. The maximum absolute atomic E-state index is 10.7. The summed E-state index contributed by atoms with van der Waals surface area (Å²) in [6, 6.07) is 10.4. The zero-order valence-corrected chi connectivity index (χ0v) is 14.2. The summed E-state index contributed by atoms with van der Waals surface area (Å²) >= 11 is 3.56. The number of piperidine rings is 1. The van der Waals surface area contributed by atoms with Crippen LogP contribution in [0.15, 0.2) is 41.0 Å². The minimum atomic E-state index is 0.622. The van der Waals surface area contributed by atoms with Crippen LogP contribution < -0.4 is 4.90 Å². The molecule has 3 nitrogen and oxygen atoms in total. The molecule has 4 heteroatoms. The molecular weight excluding hydrogens is 340 g/mol. The summed E-state index contributed by atoms with van der Waals surface area (Å²) in [5.74, 6) is 1.59. The third-order valence-corrected chi connectivity index (χ3v) is 5.27. The van der Waals surface area contributed by atoms with E-state index in [1.165, 1.54) is 15.6 Å². The number of halogens is 1. The summed E-state index contributed by atoms with van der Waals surface area (Å²) in [5, 5.41) is 0. The predicted octanol–water partition coefficient (Wildman–Crippen LogP) is 4.35. The second-order valence-corrected chi connectivity index (χ2v) is 6.69.